The van der Waals surface area contributed by atoms with Crippen molar-refractivity contribution < 1.29 is 9.59 Å². The number of thiophene rings is 1. The van der Waals surface area contributed by atoms with Crippen molar-refractivity contribution in [2.75, 3.05) is 11.1 Å². The standard InChI is InChI=1S/C20H19N3O2S/c1-10-6-7-12(8-11(10)2)22-19(25)18-17(21)14-9-13-15(23-20(14)26-18)4-3-5-16(13)24/h6-9H,3-5,21H2,1-2H3,(H,22,25). The minimum atomic E-state index is -0.252. The van der Waals surface area contributed by atoms with Gasteiger partial charge in [-0.3, -0.25) is 9.59 Å². The molecule has 0 radical (unpaired) electrons. The Hall–Kier alpha value is -2.73. The monoisotopic (exact) mass is 365 g/mol. The van der Waals surface area contributed by atoms with E-state index in [0.29, 0.717) is 32.8 Å². The summed E-state index contributed by atoms with van der Waals surface area (Å²) in [5, 5.41) is 3.59. The van der Waals surface area contributed by atoms with Gasteiger partial charge in [0.15, 0.2) is 5.78 Å². The van der Waals surface area contributed by atoms with Crippen molar-refractivity contribution >= 4 is 44.6 Å². The van der Waals surface area contributed by atoms with Gasteiger partial charge in [0.1, 0.15) is 9.71 Å². The third-order valence-electron chi connectivity index (χ3n) is 4.89. The molecule has 1 aliphatic carbocycles. The van der Waals surface area contributed by atoms with Gasteiger partial charge >= 0.3 is 0 Å². The molecule has 1 amide bonds. The van der Waals surface area contributed by atoms with Crippen LogP contribution in [0.2, 0.25) is 0 Å². The number of pyridine rings is 1. The number of nitrogen functional groups attached to an aromatic ring is 1. The van der Waals surface area contributed by atoms with Gasteiger partial charge in [0.2, 0.25) is 0 Å². The lowest BCUT2D eigenvalue weighted by Gasteiger charge is -2.13. The van der Waals surface area contributed by atoms with Crippen LogP contribution in [0.15, 0.2) is 24.3 Å². The molecule has 0 bridgehead atoms. The second kappa shape index (κ2) is 6.21. The molecule has 3 aromatic rings. The Bertz CT molecular complexity index is 1070. The first-order valence-corrected chi connectivity index (χ1v) is 9.39. The van der Waals surface area contributed by atoms with E-state index in [1.807, 2.05) is 32.0 Å². The maximum Gasteiger partial charge on any atom is 0.267 e. The number of amides is 1. The molecule has 0 saturated heterocycles. The highest BCUT2D eigenvalue weighted by atomic mass is 32.1. The van der Waals surface area contributed by atoms with E-state index >= 15 is 0 Å². The van der Waals surface area contributed by atoms with Gasteiger partial charge in [-0.25, -0.2) is 4.98 Å². The number of nitrogens with zero attached hydrogens (tertiary/aromatic N) is 1. The number of Topliss-reactive ketones (excluding diaryl/α,β-unsaturated/α-hetero) is 1. The summed E-state index contributed by atoms with van der Waals surface area (Å²) in [5.41, 5.74) is 11.1. The third kappa shape index (κ3) is 2.76. The van der Waals surface area contributed by atoms with E-state index in [4.69, 9.17) is 5.73 Å². The van der Waals surface area contributed by atoms with Gasteiger partial charge in [-0.2, -0.15) is 0 Å². The van der Waals surface area contributed by atoms with Crippen molar-refractivity contribution in [2.45, 2.75) is 33.1 Å². The molecule has 2 heterocycles. The van der Waals surface area contributed by atoms with E-state index in [1.165, 1.54) is 16.9 Å². The van der Waals surface area contributed by atoms with Crippen LogP contribution >= 0.6 is 11.3 Å². The fraction of sp³-hybridized carbons (Fsp3) is 0.250. The number of anilines is 2. The Morgan fingerprint density at radius 3 is 2.77 bits per heavy atom. The normalized spacial score (nSPS) is 13.7. The third-order valence-corrected chi connectivity index (χ3v) is 6.00. The predicted octanol–water partition coefficient (Wildman–Crippen LogP) is 4.27. The number of nitrogens with one attached hydrogen (secondary N) is 1. The van der Waals surface area contributed by atoms with Gasteiger partial charge in [0.25, 0.3) is 5.91 Å². The van der Waals surface area contributed by atoms with Crippen molar-refractivity contribution in [3.05, 3.63) is 51.5 Å². The van der Waals surface area contributed by atoms with E-state index in [-0.39, 0.29) is 11.7 Å². The van der Waals surface area contributed by atoms with Crippen molar-refractivity contribution in [2.24, 2.45) is 0 Å². The van der Waals surface area contributed by atoms with E-state index in [1.54, 1.807) is 6.07 Å². The van der Waals surface area contributed by atoms with Crippen LogP contribution < -0.4 is 11.1 Å². The summed E-state index contributed by atoms with van der Waals surface area (Å²) in [6.07, 6.45) is 2.16. The quantitative estimate of drug-likeness (QED) is 0.710. The van der Waals surface area contributed by atoms with E-state index in [9.17, 15) is 9.59 Å². The Morgan fingerprint density at radius 2 is 2.00 bits per heavy atom. The number of fused-ring (bicyclic) bond motifs is 2. The number of aromatic nitrogens is 1. The number of nitrogens with two attached hydrogens (primary N) is 1. The second-order valence-electron chi connectivity index (χ2n) is 6.71. The number of hydrogen-bond acceptors (Lipinski definition) is 5. The van der Waals surface area contributed by atoms with Crippen LogP contribution in [0.4, 0.5) is 11.4 Å². The average Bonchev–Trinajstić information content (AvgIpc) is 2.93. The van der Waals surface area contributed by atoms with Crippen molar-refractivity contribution in [3.63, 3.8) is 0 Å². The highest BCUT2D eigenvalue weighted by molar-refractivity contribution is 7.21. The van der Waals surface area contributed by atoms with Crippen LogP contribution in [0, 0.1) is 13.8 Å². The zero-order valence-corrected chi connectivity index (χ0v) is 15.5. The molecule has 0 saturated carbocycles. The van der Waals surface area contributed by atoms with E-state index in [0.717, 1.165) is 29.8 Å². The molecule has 0 unspecified atom stereocenters. The fourth-order valence-electron chi connectivity index (χ4n) is 3.24. The number of carbonyl (C=O) groups is 2. The summed E-state index contributed by atoms with van der Waals surface area (Å²) < 4.78 is 0. The van der Waals surface area contributed by atoms with Gasteiger partial charge < -0.3 is 11.1 Å². The van der Waals surface area contributed by atoms with Gasteiger partial charge in [0.05, 0.1) is 11.4 Å². The molecule has 0 spiro atoms. The molecule has 4 rings (SSSR count). The second-order valence-corrected chi connectivity index (χ2v) is 7.71. The van der Waals surface area contributed by atoms with Gasteiger partial charge in [-0.1, -0.05) is 6.07 Å². The van der Waals surface area contributed by atoms with Crippen LogP contribution in [0.5, 0.6) is 0 Å². The summed E-state index contributed by atoms with van der Waals surface area (Å²) in [6, 6.07) is 7.59. The minimum Gasteiger partial charge on any atom is -0.397 e. The zero-order valence-electron chi connectivity index (χ0n) is 14.7. The SMILES string of the molecule is Cc1ccc(NC(=O)c2sc3nc4c(cc3c2N)C(=O)CCC4)cc1C. The highest BCUT2D eigenvalue weighted by Crippen LogP contribution is 2.35. The summed E-state index contributed by atoms with van der Waals surface area (Å²) in [4.78, 5) is 30.6. The summed E-state index contributed by atoms with van der Waals surface area (Å²) in [6.45, 7) is 4.03. The predicted molar refractivity (Wildman–Crippen MR) is 105 cm³/mol. The number of rotatable bonds is 2. The van der Waals surface area contributed by atoms with Crippen LogP contribution in [0.25, 0.3) is 10.2 Å². The lowest BCUT2D eigenvalue weighted by atomic mass is 9.94. The van der Waals surface area contributed by atoms with Crippen LogP contribution in [-0.2, 0) is 6.42 Å². The minimum absolute atomic E-state index is 0.104. The summed E-state index contributed by atoms with van der Waals surface area (Å²) >= 11 is 1.27. The molecule has 132 valence electrons. The van der Waals surface area contributed by atoms with Gasteiger partial charge in [0, 0.05) is 23.1 Å². The Morgan fingerprint density at radius 1 is 1.19 bits per heavy atom. The first-order chi connectivity index (χ1) is 12.4. The molecule has 26 heavy (non-hydrogen) atoms. The number of carbonyl (C=O) groups excluding carboxylic acids is 2. The van der Waals surface area contributed by atoms with Crippen molar-refractivity contribution in [1.82, 2.24) is 4.98 Å². The lowest BCUT2D eigenvalue weighted by molar-refractivity contribution is 0.0970. The molecule has 0 aliphatic heterocycles. The fourth-order valence-corrected chi connectivity index (χ4v) is 4.23. The maximum absolute atomic E-state index is 12.7. The zero-order chi connectivity index (χ0) is 18.4. The van der Waals surface area contributed by atoms with Crippen LogP contribution in [0.1, 0.15) is 49.7 Å². The number of ketones is 1. The molecular weight excluding hydrogens is 346 g/mol. The first-order valence-electron chi connectivity index (χ1n) is 8.57. The van der Waals surface area contributed by atoms with Crippen molar-refractivity contribution in [1.29, 1.82) is 0 Å². The van der Waals surface area contributed by atoms with Crippen molar-refractivity contribution in [3.8, 4) is 0 Å². The van der Waals surface area contributed by atoms with E-state index in [2.05, 4.69) is 10.3 Å². The number of aryl methyl sites for hydroxylation is 3. The smallest absolute Gasteiger partial charge is 0.267 e. The van der Waals surface area contributed by atoms with Gasteiger partial charge in [-0.05, 0) is 56.0 Å². The topological polar surface area (TPSA) is 85.1 Å². The molecule has 0 atom stereocenters. The molecule has 1 aliphatic rings. The molecule has 0 fully saturated rings. The Kier molecular flexibility index (Phi) is 4.00. The van der Waals surface area contributed by atoms with E-state index < -0.39 is 0 Å². The molecule has 6 heteroatoms. The average molecular weight is 365 g/mol. The van der Waals surface area contributed by atoms with Gasteiger partial charge in [-0.15, -0.1) is 11.3 Å². The lowest BCUT2D eigenvalue weighted by Crippen LogP contribution is -2.12. The molecule has 1 aromatic carbocycles. The van der Waals surface area contributed by atoms with Crippen LogP contribution in [-0.4, -0.2) is 16.7 Å². The molecular formula is C20H19N3O2S. The largest absolute Gasteiger partial charge is 0.397 e. The maximum atomic E-state index is 12.7. The molecule has 3 N–H and O–H groups in total. The summed E-state index contributed by atoms with van der Waals surface area (Å²) in [7, 11) is 0. The highest BCUT2D eigenvalue weighted by Gasteiger charge is 2.23. The molecule has 2 aromatic heterocycles. The first kappa shape index (κ1) is 16.7. The Labute approximate surface area is 155 Å². The molecule has 5 nitrogen and oxygen atoms in total. The Balaban J connectivity index is 1.72. The number of hydrogen-bond donors (Lipinski definition) is 2. The summed E-state index contributed by atoms with van der Waals surface area (Å²) in [5.74, 6) is -0.148. The van der Waals surface area contributed by atoms with Crippen LogP contribution in [0.3, 0.4) is 0 Å². The number of benzene rings is 1.